The molecule has 2 rings (SSSR count). The lowest BCUT2D eigenvalue weighted by molar-refractivity contribution is -0.131. The number of likely N-dealkylation sites (N-methyl/N-ethyl adjacent to an activating group) is 1. The van der Waals surface area contributed by atoms with E-state index in [0.717, 1.165) is 16.2 Å². The average Bonchev–Trinajstić information content (AvgIpc) is 3.03. The molecule has 1 heterocycles. The largest absolute Gasteiger partial charge is 0.496 e. The lowest BCUT2D eigenvalue weighted by Crippen LogP contribution is -2.30. The van der Waals surface area contributed by atoms with Gasteiger partial charge in [0.25, 0.3) is 0 Å². The van der Waals surface area contributed by atoms with Gasteiger partial charge in [0.15, 0.2) is 5.69 Å². The Morgan fingerprint density at radius 3 is 2.75 bits per heavy atom. The fraction of sp³-hybridized carbons (Fsp3) is 0.333. The summed E-state index contributed by atoms with van der Waals surface area (Å²) in [5.41, 5.74) is 0.744. The van der Waals surface area contributed by atoms with Crippen molar-refractivity contribution in [1.82, 2.24) is 19.9 Å². The molecule has 0 spiro atoms. The number of nitrogens with zero attached hydrogens (tertiary/aromatic N) is 4. The van der Waals surface area contributed by atoms with Gasteiger partial charge in [0.1, 0.15) is 12.3 Å². The van der Waals surface area contributed by atoms with Crippen molar-refractivity contribution in [3.05, 3.63) is 35.7 Å². The average molecular weight is 350 g/mol. The van der Waals surface area contributed by atoms with E-state index in [0.29, 0.717) is 6.54 Å². The summed E-state index contributed by atoms with van der Waals surface area (Å²) in [6, 6.07) is 5.79. The zero-order valence-corrected chi connectivity index (χ0v) is 14.4. The van der Waals surface area contributed by atoms with Crippen LogP contribution in [-0.2, 0) is 17.9 Å². The van der Waals surface area contributed by atoms with Gasteiger partial charge in [0.05, 0.1) is 13.3 Å². The number of rotatable bonds is 7. The molecule has 0 fully saturated rings. The van der Waals surface area contributed by atoms with E-state index >= 15 is 0 Å². The number of aromatic carboxylic acids is 1. The first-order chi connectivity index (χ1) is 11.4. The predicted octanol–water partition coefficient (Wildman–Crippen LogP) is 1.37. The molecule has 0 atom stereocenters. The molecule has 0 saturated carbocycles. The molecular formula is C15H18N4O4S. The summed E-state index contributed by atoms with van der Waals surface area (Å²) in [5, 5.41) is 15.9. The molecule has 0 aliphatic rings. The van der Waals surface area contributed by atoms with Crippen LogP contribution < -0.4 is 4.74 Å². The number of carboxylic acid groups (broad SMARTS) is 1. The van der Waals surface area contributed by atoms with Gasteiger partial charge in [0, 0.05) is 18.5 Å². The molecule has 8 nitrogen and oxygen atoms in total. The van der Waals surface area contributed by atoms with Gasteiger partial charge in [-0.2, -0.15) is 0 Å². The van der Waals surface area contributed by atoms with Gasteiger partial charge in [-0.1, -0.05) is 11.3 Å². The van der Waals surface area contributed by atoms with Crippen LogP contribution in [0.1, 0.15) is 16.1 Å². The summed E-state index contributed by atoms with van der Waals surface area (Å²) in [4.78, 5) is 25.6. The van der Waals surface area contributed by atoms with Crippen molar-refractivity contribution in [3.8, 4) is 5.75 Å². The number of carbonyl (C=O) groups is 2. The molecule has 0 saturated heterocycles. The Morgan fingerprint density at radius 1 is 1.42 bits per heavy atom. The molecule has 0 unspecified atom stereocenters. The Labute approximate surface area is 143 Å². The van der Waals surface area contributed by atoms with Crippen molar-refractivity contribution in [2.45, 2.75) is 18.0 Å². The summed E-state index contributed by atoms with van der Waals surface area (Å²) >= 11 is 1.59. The van der Waals surface area contributed by atoms with Crippen LogP contribution in [0.5, 0.6) is 5.75 Å². The first-order valence-electron chi connectivity index (χ1n) is 7.03. The van der Waals surface area contributed by atoms with E-state index in [4.69, 9.17) is 9.84 Å². The van der Waals surface area contributed by atoms with Gasteiger partial charge < -0.3 is 14.7 Å². The maximum atomic E-state index is 12.2. The molecule has 1 aromatic carbocycles. The van der Waals surface area contributed by atoms with E-state index in [1.165, 1.54) is 15.8 Å². The number of hydrogen-bond acceptors (Lipinski definition) is 6. The summed E-state index contributed by atoms with van der Waals surface area (Å²) in [6.07, 6.45) is 3.20. The van der Waals surface area contributed by atoms with Crippen LogP contribution in [0.4, 0.5) is 0 Å². The van der Waals surface area contributed by atoms with E-state index in [-0.39, 0.29) is 18.1 Å². The Balaban J connectivity index is 2.01. The third kappa shape index (κ3) is 4.25. The minimum Gasteiger partial charge on any atom is -0.496 e. The number of thioether (sulfide) groups is 1. The zero-order chi connectivity index (χ0) is 17.7. The van der Waals surface area contributed by atoms with Crippen LogP contribution in [0, 0.1) is 0 Å². The minimum atomic E-state index is -1.18. The molecule has 0 radical (unpaired) electrons. The molecular weight excluding hydrogens is 332 g/mol. The number of carbonyl (C=O) groups excluding carboxylic acids is 1. The molecule has 1 amide bonds. The Hall–Kier alpha value is -2.55. The number of ether oxygens (including phenoxy) is 1. The van der Waals surface area contributed by atoms with Gasteiger partial charge in [-0.3, -0.25) is 4.79 Å². The molecule has 2 aromatic rings. The Morgan fingerprint density at radius 2 is 2.17 bits per heavy atom. The van der Waals surface area contributed by atoms with E-state index in [9.17, 15) is 9.59 Å². The maximum Gasteiger partial charge on any atom is 0.358 e. The van der Waals surface area contributed by atoms with E-state index < -0.39 is 5.97 Å². The summed E-state index contributed by atoms with van der Waals surface area (Å²) in [7, 11) is 3.28. The highest BCUT2D eigenvalue weighted by atomic mass is 32.2. The molecule has 1 N–H and O–H groups in total. The molecule has 128 valence electrons. The lowest BCUT2D eigenvalue weighted by atomic mass is 10.2. The monoisotopic (exact) mass is 350 g/mol. The smallest absolute Gasteiger partial charge is 0.358 e. The standard InChI is InChI=1S/C15H18N4O4S/c1-18(7-10-4-5-13(24-3)12(6-10)23-2)14(20)9-19-8-11(15(21)22)16-17-19/h4-6,8H,7,9H2,1-3H3,(H,21,22). The predicted molar refractivity (Wildman–Crippen MR) is 88.2 cm³/mol. The highest BCUT2D eigenvalue weighted by Gasteiger charge is 2.14. The highest BCUT2D eigenvalue weighted by Crippen LogP contribution is 2.28. The molecule has 24 heavy (non-hydrogen) atoms. The number of aromatic nitrogens is 3. The summed E-state index contributed by atoms with van der Waals surface area (Å²) < 4.78 is 6.55. The molecule has 0 bridgehead atoms. The Kier molecular flexibility index (Phi) is 5.80. The SMILES string of the molecule is COc1cc(CN(C)C(=O)Cn2cc(C(=O)O)nn2)ccc1SC. The fourth-order valence-electron chi connectivity index (χ4n) is 2.07. The first-order valence-corrected chi connectivity index (χ1v) is 8.25. The van der Waals surface area contributed by atoms with E-state index in [1.807, 2.05) is 24.5 Å². The van der Waals surface area contributed by atoms with Gasteiger partial charge in [-0.05, 0) is 24.0 Å². The summed E-state index contributed by atoms with van der Waals surface area (Å²) in [5.74, 6) is -0.615. The molecule has 0 aliphatic heterocycles. The van der Waals surface area contributed by atoms with Crippen LogP contribution >= 0.6 is 11.8 Å². The van der Waals surface area contributed by atoms with E-state index in [2.05, 4.69) is 10.3 Å². The molecule has 0 aliphatic carbocycles. The number of amides is 1. The van der Waals surface area contributed by atoms with Crippen molar-refractivity contribution in [1.29, 1.82) is 0 Å². The van der Waals surface area contributed by atoms with E-state index in [1.54, 1.807) is 25.9 Å². The van der Waals surface area contributed by atoms with Crippen LogP contribution in [0.2, 0.25) is 0 Å². The topological polar surface area (TPSA) is 97.5 Å². The third-order valence-corrected chi connectivity index (χ3v) is 4.13. The quantitative estimate of drug-likeness (QED) is 0.753. The number of benzene rings is 1. The van der Waals surface area contributed by atoms with Crippen LogP contribution in [0.3, 0.4) is 0 Å². The normalized spacial score (nSPS) is 10.5. The second kappa shape index (κ2) is 7.82. The van der Waals surface area contributed by atoms with Gasteiger partial charge in [-0.25, -0.2) is 9.48 Å². The van der Waals surface area contributed by atoms with Crippen molar-refractivity contribution in [2.24, 2.45) is 0 Å². The van der Waals surface area contributed by atoms with Crippen LogP contribution in [0.25, 0.3) is 0 Å². The van der Waals surface area contributed by atoms with Gasteiger partial charge in [0.2, 0.25) is 5.91 Å². The summed E-state index contributed by atoms with van der Waals surface area (Å²) in [6.45, 7) is 0.334. The van der Waals surface area contributed by atoms with Crippen molar-refractivity contribution < 1.29 is 19.4 Å². The highest BCUT2D eigenvalue weighted by molar-refractivity contribution is 7.98. The fourth-order valence-corrected chi connectivity index (χ4v) is 2.62. The number of methoxy groups -OCH3 is 1. The van der Waals surface area contributed by atoms with Crippen LogP contribution in [-0.4, -0.2) is 57.3 Å². The Bertz CT molecular complexity index is 747. The number of carboxylic acids is 1. The lowest BCUT2D eigenvalue weighted by Gasteiger charge is -2.18. The van der Waals surface area contributed by atoms with Crippen LogP contribution in [0.15, 0.2) is 29.3 Å². The third-order valence-electron chi connectivity index (χ3n) is 3.35. The van der Waals surface area contributed by atoms with Gasteiger partial charge in [-0.15, -0.1) is 16.9 Å². The maximum absolute atomic E-state index is 12.2. The number of hydrogen-bond donors (Lipinski definition) is 1. The van der Waals surface area contributed by atoms with Crippen molar-refractivity contribution >= 4 is 23.6 Å². The first kappa shape index (κ1) is 17.8. The zero-order valence-electron chi connectivity index (χ0n) is 13.6. The minimum absolute atomic E-state index is 0.0726. The molecule has 1 aromatic heterocycles. The van der Waals surface area contributed by atoms with Crippen molar-refractivity contribution in [2.75, 3.05) is 20.4 Å². The molecule has 9 heteroatoms. The van der Waals surface area contributed by atoms with Gasteiger partial charge >= 0.3 is 5.97 Å². The second-order valence-corrected chi connectivity index (χ2v) is 5.89. The van der Waals surface area contributed by atoms with Crippen molar-refractivity contribution in [3.63, 3.8) is 0 Å². The second-order valence-electron chi connectivity index (χ2n) is 5.05.